The first-order valence-corrected chi connectivity index (χ1v) is 6.71. The number of thioether (sulfide) groups is 1. The molecule has 0 aliphatic heterocycles. The van der Waals surface area contributed by atoms with Crippen molar-refractivity contribution in [3.05, 3.63) is 63.6 Å². The van der Waals surface area contributed by atoms with E-state index in [1.165, 1.54) is 24.4 Å². The van der Waals surface area contributed by atoms with Gasteiger partial charge in [0.15, 0.2) is 0 Å². The lowest BCUT2D eigenvalue weighted by atomic mass is 10.2. The number of halogens is 1. The van der Waals surface area contributed by atoms with Crippen LogP contribution in [0.4, 0.5) is 10.1 Å². The minimum absolute atomic E-state index is 0.0601. The Kier molecular flexibility index (Phi) is 4.49. The van der Waals surface area contributed by atoms with Gasteiger partial charge in [0.25, 0.3) is 0 Å². The number of carbonyl (C=O) groups is 1. The number of benzene rings is 1. The SMILES string of the molecule is O=C(O)c1cccnc1SCc1ccc([N+](=O)[O-])c(F)c1. The molecule has 0 amide bonds. The van der Waals surface area contributed by atoms with E-state index in [0.717, 1.165) is 23.9 Å². The molecule has 0 unspecified atom stereocenters. The van der Waals surface area contributed by atoms with Crippen LogP contribution in [-0.4, -0.2) is 21.0 Å². The lowest BCUT2D eigenvalue weighted by Gasteiger charge is -2.05. The first kappa shape index (κ1) is 14.9. The standard InChI is InChI=1S/C13H9FN2O4S/c14-10-6-8(3-4-11(10)16(19)20)7-21-12-9(13(17)18)2-1-5-15-12/h1-6H,7H2,(H,17,18). The van der Waals surface area contributed by atoms with Crippen LogP contribution in [0.2, 0.25) is 0 Å². The number of aromatic carboxylic acids is 1. The van der Waals surface area contributed by atoms with Crippen molar-refractivity contribution in [1.29, 1.82) is 0 Å². The van der Waals surface area contributed by atoms with E-state index in [1.807, 2.05) is 0 Å². The number of nitro groups is 1. The van der Waals surface area contributed by atoms with Crippen molar-refractivity contribution in [3.8, 4) is 0 Å². The molecule has 0 saturated heterocycles. The van der Waals surface area contributed by atoms with Crippen molar-refractivity contribution in [2.24, 2.45) is 0 Å². The predicted octanol–water partition coefficient (Wildman–Crippen LogP) is 3.12. The molecule has 0 radical (unpaired) electrons. The number of nitrogens with zero attached hydrogens (tertiary/aromatic N) is 2. The van der Waals surface area contributed by atoms with Crippen LogP contribution in [0, 0.1) is 15.9 Å². The molecule has 2 aromatic rings. The number of nitro benzene ring substituents is 1. The molecule has 0 bridgehead atoms. The van der Waals surface area contributed by atoms with E-state index in [4.69, 9.17) is 5.11 Å². The Morgan fingerprint density at radius 2 is 2.19 bits per heavy atom. The molecule has 0 fully saturated rings. The van der Waals surface area contributed by atoms with Crippen LogP contribution in [-0.2, 0) is 5.75 Å². The van der Waals surface area contributed by atoms with Crippen LogP contribution in [0.15, 0.2) is 41.6 Å². The number of aromatic nitrogens is 1. The molecule has 0 saturated carbocycles. The minimum atomic E-state index is -1.10. The van der Waals surface area contributed by atoms with Crippen LogP contribution >= 0.6 is 11.8 Å². The lowest BCUT2D eigenvalue weighted by molar-refractivity contribution is -0.387. The van der Waals surface area contributed by atoms with Gasteiger partial charge >= 0.3 is 11.7 Å². The Balaban J connectivity index is 2.16. The van der Waals surface area contributed by atoms with Crippen LogP contribution in [0.1, 0.15) is 15.9 Å². The Labute approximate surface area is 122 Å². The fraction of sp³-hybridized carbons (Fsp3) is 0.0769. The van der Waals surface area contributed by atoms with Crippen molar-refractivity contribution in [1.82, 2.24) is 4.98 Å². The van der Waals surface area contributed by atoms with Crippen molar-refractivity contribution in [2.45, 2.75) is 10.8 Å². The normalized spacial score (nSPS) is 10.3. The summed E-state index contributed by atoms with van der Waals surface area (Å²) in [5.74, 6) is -1.76. The van der Waals surface area contributed by atoms with Gasteiger partial charge in [-0.25, -0.2) is 9.78 Å². The summed E-state index contributed by atoms with van der Waals surface area (Å²) >= 11 is 1.12. The van der Waals surface area contributed by atoms with E-state index in [9.17, 15) is 19.3 Å². The molecule has 0 aliphatic rings. The zero-order valence-corrected chi connectivity index (χ0v) is 11.3. The average molecular weight is 308 g/mol. The Morgan fingerprint density at radius 1 is 1.43 bits per heavy atom. The lowest BCUT2D eigenvalue weighted by Crippen LogP contribution is -2.00. The highest BCUT2D eigenvalue weighted by Gasteiger charge is 2.15. The summed E-state index contributed by atoms with van der Waals surface area (Å²) in [4.78, 5) is 24.7. The molecule has 21 heavy (non-hydrogen) atoms. The molecule has 0 atom stereocenters. The quantitative estimate of drug-likeness (QED) is 0.518. The summed E-state index contributed by atoms with van der Waals surface area (Å²) in [7, 11) is 0. The number of hydrogen-bond acceptors (Lipinski definition) is 5. The first-order valence-electron chi connectivity index (χ1n) is 5.73. The van der Waals surface area contributed by atoms with E-state index in [0.29, 0.717) is 10.6 Å². The van der Waals surface area contributed by atoms with Crippen molar-refractivity contribution in [3.63, 3.8) is 0 Å². The zero-order chi connectivity index (χ0) is 15.4. The van der Waals surface area contributed by atoms with Crippen molar-refractivity contribution < 1.29 is 19.2 Å². The van der Waals surface area contributed by atoms with E-state index < -0.39 is 22.4 Å². The topological polar surface area (TPSA) is 93.3 Å². The Hall–Kier alpha value is -2.48. The molecule has 6 nitrogen and oxygen atoms in total. The summed E-state index contributed by atoms with van der Waals surface area (Å²) in [6, 6.07) is 6.51. The maximum atomic E-state index is 13.5. The molecule has 1 aromatic heterocycles. The van der Waals surface area contributed by atoms with Gasteiger partial charge in [0.1, 0.15) is 5.03 Å². The van der Waals surface area contributed by atoms with Gasteiger partial charge in [0.05, 0.1) is 10.5 Å². The summed E-state index contributed by atoms with van der Waals surface area (Å²) in [5.41, 5.74) is -0.0252. The van der Waals surface area contributed by atoms with Gasteiger partial charge in [-0.2, -0.15) is 4.39 Å². The summed E-state index contributed by atoms with van der Waals surface area (Å²) in [6.45, 7) is 0. The first-order chi connectivity index (χ1) is 9.99. The van der Waals surface area contributed by atoms with Gasteiger partial charge in [-0.3, -0.25) is 10.1 Å². The van der Waals surface area contributed by atoms with E-state index in [1.54, 1.807) is 0 Å². The van der Waals surface area contributed by atoms with E-state index in [2.05, 4.69) is 4.98 Å². The molecule has 1 N–H and O–H groups in total. The smallest absolute Gasteiger partial charge is 0.338 e. The highest BCUT2D eigenvalue weighted by Crippen LogP contribution is 2.26. The average Bonchev–Trinajstić information content (AvgIpc) is 2.45. The Bertz CT molecular complexity index is 708. The number of carboxylic acids is 1. The number of pyridine rings is 1. The highest BCUT2D eigenvalue weighted by molar-refractivity contribution is 7.98. The second-order valence-corrected chi connectivity index (χ2v) is 4.96. The van der Waals surface area contributed by atoms with Crippen LogP contribution in [0.5, 0.6) is 0 Å². The largest absolute Gasteiger partial charge is 0.478 e. The fourth-order valence-electron chi connectivity index (χ4n) is 1.61. The predicted molar refractivity (Wildman–Crippen MR) is 73.8 cm³/mol. The summed E-state index contributed by atoms with van der Waals surface area (Å²) in [6.07, 6.45) is 1.46. The third-order valence-electron chi connectivity index (χ3n) is 2.59. The molecule has 108 valence electrons. The maximum Gasteiger partial charge on any atom is 0.338 e. The second kappa shape index (κ2) is 6.31. The number of rotatable bonds is 5. The Morgan fingerprint density at radius 3 is 2.81 bits per heavy atom. The van der Waals surface area contributed by atoms with Gasteiger partial charge in [0.2, 0.25) is 5.82 Å². The van der Waals surface area contributed by atoms with Crippen LogP contribution in [0.3, 0.4) is 0 Å². The molecule has 1 aromatic carbocycles. The third-order valence-corrected chi connectivity index (χ3v) is 3.66. The third kappa shape index (κ3) is 3.54. The van der Waals surface area contributed by atoms with Gasteiger partial charge in [0, 0.05) is 18.0 Å². The van der Waals surface area contributed by atoms with Gasteiger partial charge in [-0.1, -0.05) is 6.07 Å². The number of carboxylic acid groups (broad SMARTS) is 1. The van der Waals surface area contributed by atoms with Gasteiger partial charge < -0.3 is 5.11 Å². The molecule has 0 spiro atoms. The zero-order valence-electron chi connectivity index (χ0n) is 10.5. The molecule has 8 heteroatoms. The minimum Gasteiger partial charge on any atom is -0.478 e. The molecule has 2 rings (SSSR count). The highest BCUT2D eigenvalue weighted by atomic mass is 32.2. The van der Waals surface area contributed by atoms with Crippen molar-refractivity contribution in [2.75, 3.05) is 0 Å². The summed E-state index contributed by atoms with van der Waals surface area (Å²) < 4.78 is 13.5. The molecular formula is C13H9FN2O4S. The summed E-state index contributed by atoms with van der Waals surface area (Å²) in [5, 5.41) is 19.8. The van der Waals surface area contributed by atoms with E-state index >= 15 is 0 Å². The number of hydrogen-bond donors (Lipinski definition) is 1. The fourth-order valence-corrected chi connectivity index (χ4v) is 2.54. The monoisotopic (exact) mass is 308 g/mol. The van der Waals surface area contributed by atoms with Crippen molar-refractivity contribution >= 4 is 23.4 Å². The van der Waals surface area contributed by atoms with Crippen LogP contribution < -0.4 is 0 Å². The van der Waals surface area contributed by atoms with Gasteiger partial charge in [-0.05, 0) is 23.8 Å². The molecule has 1 heterocycles. The molecule has 0 aliphatic carbocycles. The molecular weight excluding hydrogens is 299 g/mol. The van der Waals surface area contributed by atoms with Gasteiger partial charge in [-0.15, -0.1) is 11.8 Å². The van der Waals surface area contributed by atoms with E-state index in [-0.39, 0.29) is 11.3 Å². The maximum absolute atomic E-state index is 13.5. The second-order valence-electron chi connectivity index (χ2n) is 3.99. The van der Waals surface area contributed by atoms with Crippen LogP contribution in [0.25, 0.3) is 0 Å².